The van der Waals surface area contributed by atoms with Crippen LogP contribution in [0.1, 0.15) is 11.1 Å². The molecule has 5 heteroatoms. The summed E-state index contributed by atoms with van der Waals surface area (Å²) >= 11 is 4.88. The molecule has 2 rings (SSSR count). The number of hydrogen-bond donors (Lipinski definition) is 1. The number of aromatic nitrogens is 2. The molecular formula is C14H17N3OS. The van der Waals surface area contributed by atoms with Crippen LogP contribution in [0.4, 0.5) is 0 Å². The molecule has 0 saturated heterocycles. The molecule has 0 unspecified atom stereocenters. The van der Waals surface area contributed by atoms with Gasteiger partial charge in [0.2, 0.25) is 0 Å². The maximum Gasteiger partial charge on any atom is 0.119 e. The third-order valence-corrected chi connectivity index (χ3v) is 2.86. The highest BCUT2D eigenvalue weighted by atomic mass is 32.1. The summed E-state index contributed by atoms with van der Waals surface area (Å²) in [6.07, 6.45) is 5.33. The van der Waals surface area contributed by atoms with E-state index in [1.165, 1.54) is 5.56 Å². The molecule has 0 spiro atoms. The molecule has 0 aliphatic rings. The highest BCUT2D eigenvalue weighted by Gasteiger charge is 1.99. The van der Waals surface area contributed by atoms with E-state index in [0.717, 1.165) is 17.7 Å². The molecule has 0 fully saturated rings. The maximum atomic E-state index is 5.68. The highest BCUT2D eigenvalue weighted by molar-refractivity contribution is 7.80. The van der Waals surface area contributed by atoms with Crippen molar-refractivity contribution in [2.75, 3.05) is 6.61 Å². The Balaban J connectivity index is 1.81. The van der Waals surface area contributed by atoms with Gasteiger partial charge in [-0.1, -0.05) is 24.4 Å². The van der Waals surface area contributed by atoms with Crippen LogP contribution >= 0.6 is 12.2 Å². The van der Waals surface area contributed by atoms with Gasteiger partial charge in [0.1, 0.15) is 5.75 Å². The van der Waals surface area contributed by atoms with Crippen LogP contribution in [0.25, 0.3) is 0 Å². The van der Waals surface area contributed by atoms with Gasteiger partial charge in [-0.3, -0.25) is 4.68 Å². The molecule has 0 atom stereocenters. The van der Waals surface area contributed by atoms with Gasteiger partial charge in [-0.05, 0) is 23.3 Å². The van der Waals surface area contributed by atoms with Gasteiger partial charge >= 0.3 is 0 Å². The molecule has 0 radical (unpaired) electrons. The quantitative estimate of drug-likeness (QED) is 0.818. The average Bonchev–Trinajstić information content (AvgIpc) is 2.77. The molecule has 1 heterocycles. The Bertz CT molecular complexity index is 548. The van der Waals surface area contributed by atoms with Crippen LogP contribution in [0.3, 0.4) is 0 Å². The van der Waals surface area contributed by atoms with Crippen molar-refractivity contribution in [3.8, 4) is 5.75 Å². The van der Waals surface area contributed by atoms with Gasteiger partial charge in [0.15, 0.2) is 0 Å². The summed E-state index contributed by atoms with van der Waals surface area (Å²) < 4.78 is 7.47. The molecule has 0 amide bonds. The van der Waals surface area contributed by atoms with Gasteiger partial charge in [-0.15, -0.1) is 0 Å². The van der Waals surface area contributed by atoms with Crippen molar-refractivity contribution >= 4 is 17.2 Å². The molecule has 2 N–H and O–H groups in total. The Morgan fingerprint density at radius 3 is 2.63 bits per heavy atom. The second-order valence-corrected chi connectivity index (χ2v) is 4.93. The monoisotopic (exact) mass is 275 g/mol. The van der Waals surface area contributed by atoms with Crippen LogP contribution in [0.2, 0.25) is 0 Å². The van der Waals surface area contributed by atoms with Gasteiger partial charge < -0.3 is 10.5 Å². The summed E-state index contributed by atoms with van der Waals surface area (Å²) in [5.41, 5.74) is 7.78. The molecule has 0 aliphatic heterocycles. The first kappa shape index (κ1) is 13.5. The number of nitrogens with zero attached hydrogens (tertiary/aromatic N) is 2. The Morgan fingerprint density at radius 1 is 1.32 bits per heavy atom. The first-order valence-electron chi connectivity index (χ1n) is 6.11. The summed E-state index contributed by atoms with van der Waals surface area (Å²) in [5.74, 6) is 0.857. The fourth-order valence-electron chi connectivity index (χ4n) is 1.79. The predicted octanol–water partition coefficient (Wildman–Crippen LogP) is 1.87. The summed E-state index contributed by atoms with van der Waals surface area (Å²) in [5, 5.41) is 4.12. The van der Waals surface area contributed by atoms with Gasteiger partial charge in [0.25, 0.3) is 0 Å². The molecule has 19 heavy (non-hydrogen) atoms. The number of hydrogen-bond acceptors (Lipinski definition) is 3. The van der Waals surface area contributed by atoms with E-state index in [4.69, 9.17) is 22.7 Å². The van der Waals surface area contributed by atoms with Crippen molar-refractivity contribution in [3.05, 3.63) is 47.8 Å². The van der Waals surface area contributed by atoms with E-state index in [1.807, 2.05) is 43.7 Å². The Labute approximate surface area is 118 Å². The number of rotatable bonds is 6. The van der Waals surface area contributed by atoms with Crippen LogP contribution in [0.5, 0.6) is 5.75 Å². The summed E-state index contributed by atoms with van der Waals surface area (Å²) in [4.78, 5) is 0.505. The third kappa shape index (κ3) is 4.37. The lowest BCUT2D eigenvalue weighted by atomic mass is 10.1. The second kappa shape index (κ2) is 6.33. The largest absolute Gasteiger partial charge is 0.493 e. The fraction of sp³-hybridized carbons (Fsp3) is 0.286. The van der Waals surface area contributed by atoms with Crippen molar-refractivity contribution in [1.82, 2.24) is 9.78 Å². The topological polar surface area (TPSA) is 53.1 Å². The van der Waals surface area contributed by atoms with E-state index < -0.39 is 0 Å². The zero-order valence-corrected chi connectivity index (χ0v) is 11.7. The van der Waals surface area contributed by atoms with Crippen LogP contribution < -0.4 is 10.5 Å². The molecule has 4 nitrogen and oxygen atoms in total. The summed E-state index contributed by atoms with van der Waals surface area (Å²) in [7, 11) is 1.91. The minimum Gasteiger partial charge on any atom is -0.493 e. The molecule has 1 aromatic carbocycles. The van der Waals surface area contributed by atoms with E-state index in [0.29, 0.717) is 18.0 Å². The lowest BCUT2D eigenvalue weighted by Gasteiger charge is -2.06. The van der Waals surface area contributed by atoms with Crippen LogP contribution in [0, 0.1) is 0 Å². The predicted molar refractivity (Wildman–Crippen MR) is 79.3 cm³/mol. The van der Waals surface area contributed by atoms with Gasteiger partial charge in [0, 0.05) is 26.1 Å². The molecule has 0 aliphatic carbocycles. The first-order chi connectivity index (χ1) is 9.13. The van der Waals surface area contributed by atoms with E-state index in [9.17, 15) is 0 Å². The fourth-order valence-corrected chi connectivity index (χ4v) is 1.96. The molecule has 0 bridgehead atoms. The summed E-state index contributed by atoms with van der Waals surface area (Å²) in [6.45, 7) is 0.639. The SMILES string of the molecule is Cn1cc(CCOc2ccc(CC(N)=S)cc2)cn1. The van der Waals surface area contributed by atoms with Crippen LogP contribution in [-0.4, -0.2) is 21.4 Å². The zero-order valence-electron chi connectivity index (χ0n) is 10.9. The number of nitrogens with two attached hydrogens (primary N) is 1. The number of benzene rings is 1. The van der Waals surface area contributed by atoms with Crippen molar-refractivity contribution in [2.24, 2.45) is 12.8 Å². The van der Waals surface area contributed by atoms with E-state index >= 15 is 0 Å². The van der Waals surface area contributed by atoms with E-state index in [2.05, 4.69) is 5.10 Å². The zero-order chi connectivity index (χ0) is 13.7. The third-order valence-electron chi connectivity index (χ3n) is 2.72. The van der Waals surface area contributed by atoms with Crippen molar-refractivity contribution in [3.63, 3.8) is 0 Å². The maximum absolute atomic E-state index is 5.68. The van der Waals surface area contributed by atoms with Crippen LogP contribution in [-0.2, 0) is 19.9 Å². The molecule has 100 valence electrons. The number of ether oxygens (including phenoxy) is 1. The van der Waals surface area contributed by atoms with Gasteiger partial charge in [0.05, 0.1) is 17.8 Å². The van der Waals surface area contributed by atoms with Crippen molar-refractivity contribution in [1.29, 1.82) is 0 Å². The molecular weight excluding hydrogens is 258 g/mol. The Morgan fingerprint density at radius 2 is 2.05 bits per heavy atom. The Hall–Kier alpha value is -1.88. The van der Waals surface area contributed by atoms with Gasteiger partial charge in [-0.25, -0.2) is 0 Å². The van der Waals surface area contributed by atoms with Gasteiger partial charge in [-0.2, -0.15) is 5.10 Å². The normalized spacial score (nSPS) is 10.4. The number of aryl methyl sites for hydroxylation is 1. The smallest absolute Gasteiger partial charge is 0.119 e. The molecule has 1 aromatic heterocycles. The molecule has 0 saturated carbocycles. The van der Waals surface area contributed by atoms with Crippen molar-refractivity contribution < 1.29 is 4.74 Å². The van der Waals surface area contributed by atoms with E-state index in [-0.39, 0.29) is 0 Å². The Kier molecular flexibility index (Phi) is 4.52. The average molecular weight is 275 g/mol. The first-order valence-corrected chi connectivity index (χ1v) is 6.52. The highest BCUT2D eigenvalue weighted by Crippen LogP contribution is 2.13. The summed E-state index contributed by atoms with van der Waals surface area (Å²) in [6, 6.07) is 7.85. The minimum atomic E-state index is 0.505. The molecule has 2 aromatic rings. The lowest BCUT2D eigenvalue weighted by Crippen LogP contribution is -2.10. The minimum absolute atomic E-state index is 0.505. The lowest BCUT2D eigenvalue weighted by molar-refractivity contribution is 0.322. The van der Waals surface area contributed by atoms with Crippen molar-refractivity contribution in [2.45, 2.75) is 12.8 Å². The second-order valence-electron chi connectivity index (χ2n) is 4.41. The standard InChI is InChI=1S/C14H17N3OS/c1-17-10-12(9-16-17)6-7-18-13-4-2-11(3-5-13)8-14(15)19/h2-5,9-10H,6-8H2,1H3,(H2,15,19). The van der Waals surface area contributed by atoms with Crippen LogP contribution in [0.15, 0.2) is 36.7 Å². The van der Waals surface area contributed by atoms with E-state index in [1.54, 1.807) is 4.68 Å². The number of thiocarbonyl (C=S) groups is 1.